The molecule has 1 atom stereocenters. The van der Waals surface area contributed by atoms with E-state index in [0.717, 1.165) is 25.2 Å². The maximum Gasteiger partial charge on any atom is 0.270 e. The largest absolute Gasteiger partial charge is 0.386 e. The molecular weight excluding hydrogens is 307 g/mol. The second-order valence-electron chi connectivity index (χ2n) is 6.15. The summed E-state index contributed by atoms with van der Waals surface area (Å²) in [5, 5.41) is 10.9. The van der Waals surface area contributed by atoms with Crippen LogP contribution < -0.4 is 5.73 Å². The van der Waals surface area contributed by atoms with Gasteiger partial charge in [-0.05, 0) is 20.0 Å². The number of nitrogens with zero attached hydrogens (tertiary/aromatic N) is 3. The first-order chi connectivity index (χ1) is 10.3. The fourth-order valence-electron chi connectivity index (χ4n) is 3.01. The van der Waals surface area contributed by atoms with Crippen LogP contribution in [0.2, 0.25) is 0 Å². The molecule has 2 N–H and O–H groups in total. The van der Waals surface area contributed by atoms with Crippen molar-refractivity contribution in [2.45, 2.75) is 17.2 Å². The number of benzene rings is 1. The lowest BCUT2D eigenvalue weighted by Gasteiger charge is -2.51. The van der Waals surface area contributed by atoms with E-state index in [9.17, 15) is 14.5 Å². The molecule has 1 spiro atoms. The van der Waals surface area contributed by atoms with Gasteiger partial charge < -0.3 is 10.6 Å². The Bertz CT molecular complexity index is 675. The Balaban J connectivity index is 2.00. The molecule has 1 aromatic carbocycles. The summed E-state index contributed by atoms with van der Waals surface area (Å²) in [6, 6.07) is 3.54. The number of nitrogens with two attached hydrogens (primary N) is 1. The zero-order chi connectivity index (χ0) is 16.1. The lowest BCUT2D eigenvalue weighted by molar-refractivity contribution is -0.385. The number of nitro benzene ring substituents is 1. The maximum atomic E-state index is 14.2. The smallest absolute Gasteiger partial charge is 0.270 e. The molecular formula is C14H17FN4O2S. The molecule has 0 saturated carbocycles. The van der Waals surface area contributed by atoms with Crippen molar-refractivity contribution >= 4 is 23.3 Å². The van der Waals surface area contributed by atoms with Crippen LogP contribution in [-0.4, -0.2) is 46.3 Å². The number of thioether (sulfide) groups is 1. The molecule has 22 heavy (non-hydrogen) atoms. The molecule has 0 bridgehead atoms. The van der Waals surface area contributed by atoms with Crippen molar-refractivity contribution in [1.82, 2.24) is 4.90 Å². The molecule has 0 aromatic heterocycles. The van der Waals surface area contributed by atoms with Crippen molar-refractivity contribution in [3.8, 4) is 0 Å². The predicted octanol–water partition coefficient (Wildman–Crippen LogP) is 1.74. The summed E-state index contributed by atoms with van der Waals surface area (Å²) < 4.78 is 14.0. The Labute approximate surface area is 131 Å². The predicted molar refractivity (Wildman–Crippen MR) is 84.7 cm³/mol. The van der Waals surface area contributed by atoms with Crippen molar-refractivity contribution in [3.05, 3.63) is 39.7 Å². The van der Waals surface area contributed by atoms with Gasteiger partial charge in [-0.1, -0.05) is 0 Å². The number of likely N-dealkylation sites (tertiary alicyclic amines) is 1. The van der Waals surface area contributed by atoms with Gasteiger partial charge in [0.05, 0.1) is 15.2 Å². The van der Waals surface area contributed by atoms with E-state index in [0.29, 0.717) is 11.6 Å². The molecule has 2 aliphatic rings. The Hall–Kier alpha value is -1.67. The lowest BCUT2D eigenvalue weighted by Crippen LogP contribution is -2.66. The average Bonchev–Trinajstić information content (AvgIpc) is 2.41. The maximum absolute atomic E-state index is 14.2. The number of hydrogen-bond acceptors (Lipinski definition) is 6. The molecule has 1 saturated heterocycles. The van der Waals surface area contributed by atoms with E-state index >= 15 is 0 Å². The van der Waals surface area contributed by atoms with Crippen LogP contribution >= 0.6 is 11.8 Å². The van der Waals surface area contributed by atoms with Crippen LogP contribution in [0.1, 0.15) is 12.5 Å². The van der Waals surface area contributed by atoms with Crippen molar-refractivity contribution in [2.24, 2.45) is 10.7 Å². The van der Waals surface area contributed by atoms with E-state index in [1.165, 1.54) is 6.07 Å². The number of hydrogen-bond donors (Lipinski definition) is 1. The first kappa shape index (κ1) is 15.2. The Morgan fingerprint density at radius 2 is 2.18 bits per heavy atom. The van der Waals surface area contributed by atoms with Crippen LogP contribution in [0.25, 0.3) is 0 Å². The zero-order valence-corrected chi connectivity index (χ0v) is 13.2. The number of aliphatic imine (C=N–C) groups is 1. The second-order valence-corrected chi connectivity index (χ2v) is 7.51. The molecule has 0 radical (unpaired) electrons. The summed E-state index contributed by atoms with van der Waals surface area (Å²) >= 11 is 1.65. The molecule has 3 rings (SSSR count). The summed E-state index contributed by atoms with van der Waals surface area (Å²) in [4.78, 5) is 17.1. The molecule has 2 heterocycles. The number of amidine groups is 1. The minimum atomic E-state index is -0.885. The number of rotatable bonds is 2. The van der Waals surface area contributed by atoms with E-state index < -0.39 is 16.3 Å². The summed E-state index contributed by atoms with van der Waals surface area (Å²) in [7, 11) is 2.01. The van der Waals surface area contributed by atoms with Crippen LogP contribution in [0.3, 0.4) is 0 Å². The molecule has 118 valence electrons. The lowest BCUT2D eigenvalue weighted by atomic mass is 9.91. The zero-order valence-electron chi connectivity index (χ0n) is 12.4. The highest BCUT2D eigenvalue weighted by atomic mass is 32.2. The topological polar surface area (TPSA) is 84.8 Å². The summed E-state index contributed by atoms with van der Waals surface area (Å²) in [5.41, 5.74) is 5.34. The summed E-state index contributed by atoms with van der Waals surface area (Å²) in [5.74, 6) is 0.543. The highest BCUT2D eigenvalue weighted by Gasteiger charge is 2.50. The molecule has 1 fully saturated rings. The molecule has 0 aliphatic carbocycles. The van der Waals surface area contributed by atoms with Gasteiger partial charge in [-0.25, -0.2) is 4.39 Å². The van der Waals surface area contributed by atoms with E-state index in [4.69, 9.17) is 5.73 Å². The SMILES string of the molecule is CN1CC2(C1)SC[C@@](C)(c1cc([N+](=O)[O-])ccc1F)N=C2N. The van der Waals surface area contributed by atoms with Crippen LogP contribution in [-0.2, 0) is 5.54 Å². The molecule has 0 amide bonds. The third-order valence-electron chi connectivity index (χ3n) is 4.26. The minimum absolute atomic E-state index is 0.139. The van der Waals surface area contributed by atoms with Crippen LogP contribution in [0.15, 0.2) is 23.2 Å². The molecule has 0 unspecified atom stereocenters. The van der Waals surface area contributed by atoms with E-state index in [1.807, 2.05) is 7.05 Å². The standard InChI is InChI=1S/C14H17FN4O2S/c1-13(10-5-9(19(20)21)3-4-11(10)15)8-22-14(12(16)17-13)6-18(2)7-14/h3-5H,6-8H2,1-2H3,(H2,16,17)/t13-/m0/s1. The van der Waals surface area contributed by atoms with Crippen LogP contribution in [0, 0.1) is 15.9 Å². The first-order valence-corrected chi connectivity index (χ1v) is 7.87. The number of nitro groups is 1. The molecule has 1 aromatic rings. The molecule has 2 aliphatic heterocycles. The Kier molecular flexibility index (Phi) is 3.41. The quantitative estimate of drug-likeness (QED) is 0.661. The average molecular weight is 324 g/mol. The van der Waals surface area contributed by atoms with Gasteiger partial charge in [0.15, 0.2) is 0 Å². The number of halogens is 1. The van der Waals surface area contributed by atoms with Gasteiger partial charge in [0.25, 0.3) is 5.69 Å². The second kappa shape index (κ2) is 4.92. The Morgan fingerprint density at radius 3 is 2.73 bits per heavy atom. The minimum Gasteiger partial charge on any atom is -0.386 e. The third-order valence-corrected chi connectivity index (χ3v) is 5.98. The fourth-order valence-corrected chi connectivity index (χ4v) is 4.60. The van der Waals surface area contributed by atoms with Crippen LogP contribution in [0.5, 0.6) is 0 Å². The Morgan fingerprint density at radius 1 is 1.50 bits per heavy atom. The van der Waals surface area contributed by atoms with Gasteiger partial charge >= 0.3 is 0 Å². The van der Waals surface area contributed by atoms with E-state index in [1.54, 1.807) is 18.7 Å². The summed E-state index contributed by atoms with van der Waals surface area (Å²) in [6.07, 6.45) is 0. The number of non-ortho nitro benzene ring substituents is 1. The highest BCUT2D eigenvalue weighted by Crippen LogP contribution is 2.45. The first-order valence-electron chi connectivity index (χ1n) is 6.88. The van der Waals surface area contributed by atoms with Gasteiger partial charge in [0, 0.05) is 36.5 Å². The molecule has 8 heteroatoms. The monoisotopic (exact) mass is 324 g/mol. The van der Waals surface area contributed by atoms with Crippen molar-refractivity contribution in [3.63, 3.8) is 0 Å². The third kappa shape index (κ3) is 2.26. The van der Waals surface area contributed by atoms with Gasteiger partial charge in [0.2, 0.25) is 0 Å². The van der Waals surface area contributed by atoms with E-state index in [-0.39, 0.29) is 16.0 Å². The molecule has 6 nitrogen and oxygen atoms in total. The van der Waals surface area contributed by atoms with Gasteiger partial charge in [-0.15, -0.1) is 11.8 Å². The van der Waals surface area contributed by atoms with E-state index in [2.05, 4.69) is 9.89 Å². The summed E-state index contributed by atoms with van der Waals surface area (Å²) in [6.45, 7) is 3.41. The van der Waals surface area contributed by atoms with Crippen molar-refractivity contribution < 1.29 is 9.31 Å². The van der Waals surface area contributed by atoms with Crippen LogP contribution in [0.4, 0.5) is 10.1 Å². The highest BCUT2D eigenvalue weighted by molar-refractivity contribution is 8.01. The van der Waals surface area contributed by atoms with Gasteiger partial charge in [-0.3, -0.25) is 15.1 Å². The van der Waals surface area contributed by atoms with Crippen molar-refractivity contribution in [1.29, 1.82) is 0 Å². The fraction of sp³-hybridized carbons (Fsp3) is 0.500. The van der Waals surface area contributed by atoms with Crippen molar-refractivity contribution in [2.75, 3.05) is 25.9 Å². The van der Waals surface area contributed by atoms with Gasteiger partial charge in [-0.2, -0.15) is 0 Å². The van der Waals surface area contributed by atoms with Gasteiger partial charge in [0.1, 0.15) is 11.7 Å². The normalized spacial score (nSPS) is 27.3.